The molecule has 2 heterocycles. The third-order valence-corrected chi connectivity index (χ3v) is 3.87. The van der Waals surface area contributed by atoms with Gasteiger partial charge in [-0.15, -0.1) is 0 Å². The molecule has 0 saturated carbocycles. The van der Waals surface area contributed by atoms with Crippen LogP contribution in [0.3, 0.4) is 0 Å². The van der Waals surface area contributed by atoms with Gasteiger partial charge in [-0.05, 0) is 56.5 Å². The summed E-state index contributed by atoms with van der Waals surface area (Å²) in [5.41, 5.74) is 3.86. The van der Waals surface area contributed by atoms with Crippen LogP contribution in [0.2, 0.25) is 0 Å². The van der Waals surface area contributed by atoms with Crippen molar-refractivity contribution in [3.8, 4) is 0 Å². The second-order valence-corrected chi connectivity index (χ2v) is 5.01. The summed E-state index contributed by atoms with van der Waals surface area (Å²) in [6.07, 6.45) is 2.51. The van der Waals surface area contributed by atoms with Crippen LogP contribution in [0.25, 0.3) is 10.9 Å². The Morgan fingerprint density at radius 2 is 2.06 bits per heavy atom. The zero-order valence-corrected chi connectivity index (χ0v) is 10.5. The minimum atomic E-state index is 0.722. The predicted octanol–water partition coefficient (Wildman–Crippen LogP) is 2.35. The molecule has 2 aromatic rings. The van der Waals surface area contributed by atoms with Gasteiger partial charge in [0.25, 0.3) is 0 Å². The van der Waals surface area contributed by atoms with Crippen LogP contribution in [0.1, 0.15) is 30.0 Å². The van der Waals surface area contributed by atoms with Crippen molar-refractivity contribution in [3.63, 3.8) is 0 Å². The molecular formula is C14H19N3. The first-order chi connectivity index (χ1) is 8.25. The molecule has 1 aliphatic heterocycles. The molecule has 0 radical (unpaired) electrons. The monoisotopic (exact) mass is 229 g/mol. The average molecular weight is 229 g/mol. The van der Waals surface area contributed by atoms with Gasteiger partial charge in [0.05, 0.1) is 11.2 Å². The van der Waals surface area contributed by atoms with Crippen LogP contribution in [-0.4, -0.2) is 22.9 Å². The smallest absolute Gasteiger partial charge is 0.0682 e. The number of benzene rings is 1. The first kappa shape index (κ1) is 10.8. The maximum atomic E-state index is 4.48. The molecule has 3 rings (SSSR count). The number of nitrogens with zero attached hydrogens (tertiary/aromatic N) is 2. The minimum absolute atomic E-state index is 0.722. The van der Waals surface area contributed by atoms with Gasteiger partial charge in [0.1, 0.15) is 0 Å². The van der Waals surface area contributed by atoms with Gasteiger partial charge in [0, 0.05) is 12.4 Å². The zero-order valence-electron chi connectivity index (χ0n) is 10.5. The summed E-state index contributed by atoms with van der Waals surface area (Å²) in [6.45, 7) is 4.39. The number of aryl methyl sites for hydroxylation is 2. The number of rotatable bonds is 1. The molecule has 3 nitrogen and oxygen atoms in total. The highest BCUT2D eigenvalue weighted by atomic mass is 15.3. The Bertz CT molecular complexity index is 536. The summed E-state index contributed by atoms with van der Waals surface area (Å²) in [4.78, 5) is 0. The topological polar surface area (TPSA) is 29.9 Å². The highest BCUT2D eigenvalue weighted by Gasteiger charge is 2.16. The molecule has 1 saturated heterocycles. The van der Waals surface area contributed by atoms with Crippen molar-refractivity contribution in [1.82, 2.24) is 15.1 Å². The largest absolute Gasteiger partial charge is 0.317 e. The maximum absolute atomic E-state index is 4.48. The van der Waals surface area contributed by atoms with Gasteiger partial charge < -0.3 is 5.32 Å². The lowest BCUT2D eigenvalue weighted by atomic mass is 9.89. The van der Waals surface area contributed by atoms with E-state index in [-0.39, 0.29) is 0 Å². The van der Waals surface area contributed by atoms with Crippen LogP contribution in [0, 0.1) is 6.92 Å². The second kappa shape index (κ2) is 4.15. The fourth-order valence-corrected chi connectivity index (χ4v) is 2.87. The van der Waals surface area contributed by atoms with Crippen LogP contribution in [-0.2, 0) is 7.05 Å². The lowest BCUT2D eigenvalue weighted by Gasteiger charge is -2.23. The standard InChI is InChI=1S/C14H19N3/c1-10-13-9-12(11-5-7-15-8-6-11)3-4-14(13)17(2)16-10/h3-4,9,11,15H,5-8H2,1-2H3. The molecule has 1 aromatic heterocycles. The summed E-state index contributed by atoms with van der Waals surface area (Å²) in [7, 11) is 2.01. The summed E-state index contributed by atoms with van der Waals surface area (Å²) in [5, 5.41) is 9.21. The van der Waals surface area contributed by atoms with Gasteiger partial charge >= 0.3 is 0 Å². The highest BCUT2D eigenvalue weighted by Crippen LogP contribution is 2.28. The maximum Gasteiger partial charge on any atom is 0.0682 e. The Balaban J connectivity index is 2.03. The van der Waals surface area contributed by atoms with Crippen molar-refractivity contribution in [1.29, 1.82) is 0 Å². The van der Waals surface area contributed by atoms with Gasteiger partial charge in [0.15, 0.2) is 0 Å². The molecule has 1 aliphatic rings. The lowest BCUT2D eigenvalue weighted by molar-refractivity contribution is 0.460. The molecule has 0 aliphatic carbocycles. The van der Waals surface area contributed by atoms with E-state index in [0.717, 1.165) is 24.7 Å². The van der Waals surface area contributed by atoms with Crippen LogP contribution in [0.15, 0.2) is 18.2 Å². The van der Waals surface area contributed by atoms with Crippen LogP contribution in [0.4, 0.5) is 0 Å². The van der Waals surface area contributed by atoms with E-state index in [2.05, 4.69) is 35.5 Å². The van der Waals surface area contributed by atoms with Gasteiger partial charge in [-0.3, -0.25) is 4.68 Å². The average Bonchev–Trinajstić information content (AvgIpc) is 2.66. The Labute approximate surface area is 102 Å². The third-order valence-electron chi connectivity index (χ3n) is 3.87. The highest BCUT2D eigenvalue weighted by molar-refractivity contribution is 5.82. The van der Waals surface area contributed by atoms with Gasteiger partial charge in [-0.25, -0.2) is 0 Å². The normalized spacial score (nSPS) is 17.8. The van der Waals surface area contributed by atoms with E-state index in [4.69, 9.17) is 0 Å². The van der Waals surface area contributed by atoms with Crippen molar-refractivity contribution < 1.29 is 0 Å². The molecule has 1 aromatic carbocycles. The first-order valence-corrected chi connectivity index (χ1v) is 6.39. The van der Waals surface area contributed by atoms with Crippen molar-refractivity contribution in [2.24, 2.45) is 7.05 Å². The van der Waals surface area contributed by atoms with Crippen molar-refractivity contribution in [2.75, 3.05) is 13.1 Å². The van der Waals surface area contributed by atoms with E-state index in [1.165, 1.54) is 29.3 Å². The van der Waals surface area contributed by atoms with E-state index in [9.17, 15) is 0 Å². The number of piperidine rings is 1. The molecule has 3 heteroatoms. The van der Waals surface area contributed by atoms with E-state index in [0.29, 0.717) is 0 Å². The van der Waals surface area contributed by atoms with Crippen LogP contribution < -0.4 is 5.32 Å². The first-order valence-electron chi connectivity index (χ1n) is 6.39. The quantitative estimate of drug-likeness (QED) is 0.813. The molecule has 0 unspecified atom stereocenters. The molecule has 17 heavy (non-hydrogen) atoms. The minimum Gasteiger partial charge on any atom is -0.317 e. The molecule has 1 fully saturated rings. The Kier molecular flexibility index (Phi) is 2.63. The van der Waals surface area contributed by atoms with Crippen molar-refractivity contribution >= 4 is 10.9 Å². The number of fused-ring (bicyclic) bond motifs is 1. The van der Waals surface area contributed by atoms with Gasteiger partial charge in [0.2, 0.25) is 0 Å². The summed E-state index contributed by atoms with van der Waals surface area (Å²) in [6, 6.07) is 6.83. The Morgan fingerprint density at radius 3 is 2.82 bits per heavy atom. The second-order valence-electron chi connectivity index (χ2n) is 5.01. The number of hydrogen-bond acceptors (Lipinski definition) is 2. The van der Waals surface area contributed by atoms with E-state index in [1.54, 1.807) is 0 Å². The number of hydrogen-bond donors (Lipinski definition) is 1. The molecule has 0 amide bonds. The molecular weight excluding hydrogens is 210 g/mol. The fourth-order valence-electron chi connectivity index (χ4n) is 2.87. The van der Waals surface area contributed by atoms with Gasteiger partial charge in [-0.2, -0.15) is 5.10 Å². The third kappa shape index (κ3) is 1.84. The molecule has 0 spiro atoms. The molecule has 90 valence electrons. The van der Waals surface area contributed by atoms with E-state index < -0.39 is 0 Å². The van der Waals surface area contributed by atoms with Crippen molar-refractivity contribution in [3.05, 3.63) is 29.5 Å². The molecule has 0 bridgehead atoms. The summed E-state index contributed by atoms with van der Waals surface area (Å²) in [5.74, 6) is 0.722. The number of nitrogens with one attached hydrogen (secondary N) is 1. The lowest BCUT2D eigenvalue weighted by Crippen LogP contribution is -2.26. The fraction of sp³-hybridized carbons (Fsp3) is 0.500. The summed E-state index contributed by atoms with van der Waals surface area (Å²) >= 11 is 0. The van der Waals surface area contributed by atoms with Crippen LogP contribution in [0.5, 0.6) is 0 Å². The predicted molar refractivity (Wildman–Crippen MR) is 70.3 cm³/mol. The van der Waals surface area contributed by atoms with E-state index in [1.807, 2.05) is 11.7 Å². The summed E-state index contributed by atoms with van der Waals surface area (Å²) < 4.78 is 1.97. The van der Waals surface area contributed by atoms with E-state index >= 15 is 0 Å². The van der Waals surface area contributed by atoms with Crippen molar-refractivity contribution in [2.45, 2.75) is 25.7 Å². The molecule has 1 N–H and O–H groups in total. The Morgan fingerprint density at radius 1 is 1.29 bits per heavy atom. The SMILES string of the molecule is Cc1nn(C)c2ccc(C3CCNCC3)cc12. The van der Waals surface area contributed by atoms with Crippen LogP contribution >= 0.6 is 0 Å². The molecule has 0 atom stereocenters. The Hall–Kier alpha value is -1.35. The zero-order chi connectivity index (χ0) is 11.8. The van der Waals surface area contributed by atoms with Gasteiger partial charge in [-0.1, -0.05) is 6.07 Å². The number of aromatic nitrogens is 2.